The Morgan fingerprint density at radius 2 is 2.25 bits per heavy atom. The Morgan fingerprint density at radius 3 is 2.96 bits per heavy atom. The number of anilines is 2. The van der Waals surface area contributed by atoms with E-state index in [0.717, 1.165) is 6.08 Å². The largest absolute Gasteiger partial charge is 0.480 e. The van der Waals surface area contributed by atoms with Crippen molar-refractivity contribution in [3.05, 3.63) is 53.7 Å². The average molecular weight is 406 g/mol. The van der Waals surface area contributed by atoms with Crippen LogP contribution in [-0.2, 0) is 4.79 Å². The first-order valence-electron chi connectivity index (χ1n) is 10.4. The summed E-state index contributed by atoms with van der Waals surface area (Å²) in [6.07, 6.45) is 1.37. The number of amides is 2. The predicted octanol–water partition coefficient (Wildman–Crippen LogP) is 2.59. The van der Waals surface area contributed by atoms with Gasteiger partial charge in [0.15, 0.2) is 0 Å². The Bertz CT molecular complexity index is 1030. The molecule has 0 spiro atoms. The zero-order valence-corrected chi connectivity index (χ0v) is 15.5. The molecule has 1 aliphatic rings. The summed E-state index contributed by atoms with van der Waals surface area (Å²) in [6.45, 7) is 4.21. The van der Waals surface area contributed by atoms with Gasteiger partial charge in [0.1, 0.15) is 5.02 Å². The second kappa shape index (κ2) is 8.71. The molecule has 9 heteroatoms. The van der Waals surface area contributed by atoms with E-state index in [0.29, 0.717) is 30.8 Å². The fourth-order valence-electron chi connectivity index (χ4n) is 2.77. The zero-order valence-electron chi connectivity index (χ0n) is 18.7. The van der Waals surface area contributed by atoms with Crippen LogP contribution in [0, 0.1) is 0 Å². The topological polar surface area (TPSA) is 96.5 Å². The number of hydrogen-bond acceptors (Lipinski definition) is 6. The highest BCUT2D eigenvalue weighted by Crippen LogP contribution is 2.23. The van der Waals surface area contributed by atoms with Gasteiger partial charge in [0.2, 0.25) is 17.7 Å². The number of aromatic nitrogens is 2. The number of likely N-dealkylation sites (tertiary alicyclic amines) is 1. The Morgan fingerprint density at radius 1 is 1.46 bits per heavy atom. The van der Waals surface area contributed by atoms with Crippen LogP contribution in [0.25, 0.3) is 0 Å². The van der Waals surface area contributed by atoms with E-state index in [9.17, 15) is 9.59 Å². The van der Waals surface area contributed by atoms with Gasteiger partial charge in [-0.3, -0.25) is 9.59 Å². The Kier molecular flexibility index (Phi) is 4.62. The molecule has 1 aromatic carbocycles. The lowest BCUT2D eigenvalue weighted by Gasteiger charge is -2.17. The maximum Gasteiger partial charge on any atom is 0.253 e. The van der Waals surface area contributed by atoms with Gasteiger partial charge in [-0.15, -0.1) is 0 Å². The first kappa shape index (κ1) is 14.9. The number of methoxy groups -OCH3 is 1. The third kappa shape index (κ3) is 4.58. The molecule has 1 aliphatic heterocycles. The van der Waals surface area contributed by atoms with Gasteiger partial charge in [-0.1, -0.05) is 18.2 Å². The molecule has 0 radical (unpaired) electrons. The summed E-state index contributed by atoms with van der Waals surface area (Å²) in [5.74, 6) is -0.949. The molecule has 146 valence electrons. The highest BCUT2D eigenvalue weighted by Gasteiger charge is 2.27. The van der Waals surface area contributed by atoms with Crippen molar-refractivity contribution in [3.8, 4) is 5.88 Å². The molecule has 28 heavy (non-hydrogen) atoms. The summed E-state index contributed by atoms with van der Waals surface area (Å²) in [4.78, 5) is 33.6. The second-order valence-electron chi connectivity index (χ2n) is 6.03. The minimum absolute atomic E-state index is 0.0136. The molecule has 1 aromatic heterocycles. The molecule has 2 N–H and O–H groups in total. The third-order valence-corrected chi connectivity index (χ3v) is 4.39. The third-order valence-electron chi connectivity index (χ3n) is 4.15. The lowest BCUT2D eigenvalue weighted by atomic mass is 10.2. The van der Waals surface area contributed by atoms with Gasteiger partial charge in [0.05, 0.1) is 18.7 Å². The van der Waals surface area contributed by atoms with Gasteiger partial charge in [-0.2, -0.15) is 4.98 Å². The summed E-state index contributed by atoms with van der Waals surface area (Å²) in [5, 5.41) is 5.30. The number of halogens is 1. The monoisotopic (exact) mass is 405 g/mol. The summed E-state index contributed by atoms with van der Waals surface area (Å²) in [5.41, 5.74) is 1.01. The fraction of sp³-hybridized carbons (Fsp3) is 0.263. The minimum Gasteiger partial charge on any atom is -0.480 e. The number of nitrogens with one attached hydrogen (secondary N) is 2. The summed E-state index contributed by atoms with van der Waals surface area (Å²) in [7, 11) is -2.78. The van der Waals surface area contributed by atoms with E-state index in [-0.39, 0.29) is 35.0 Å². The van der Waals surface area contributed by atoms with Crippen molar-refractivity contribution >= 4 is 35.1 Å². The molecule has 0 saturated carbocycles. The van der Waals surface area contributed by atoms with Gasteiger partial charge < -0.3 is 20.3 Å². The molecule has 2 heterocycles. The SMILES string of the molecule is [2H]c1nc(N[C@H]2CCN(C(=O)c3ccc(NC(=O)C=C)cc3)C2)nc(OC([2H])([2H])[2H])c1Cl. The van der Waals surface area contributed by atoms with Crippen molar-refractivity contribution in [1.82, 2.24) is 14.9 Å². The number of nitrogens with zero attached hydrogens (tertiary/aromatic N) is 3. The summed E-state index contributed by atoms with van der Waals surface area (Å²) >= 11 is 5.87. The van der Waals surface area contributed by atoms with Crippen molar-refractivity contribution in [1.29, 1.82) is 0 Å². The van der Waals surface area contributed by atoms with Crippen LogP contribution in [0.2, 0.25) is 5.02 Å². The molecule has 1 saturated heterocycles. The van der Waals surface area contributed by atoms with Gasteiger partial charge >= 0.3 is 0 Å². The number of carbonyl (C=O) groups excluding carboxylic acids is 2. The molecule has 3 rings (SSSR count). The number of carbonyl (C=O) groups is 2. The number of hydrogen-bond donors (Lipinski definition) is 2. The molecule has 2 amide bonds. The molecular formula is C19H20ClN5O3. The molecule has 2 aromatic rings. The van der Waals surface area contributed by atoms with Crippen LogP contribution < -0.4 is 15.4 Å². The smallest absolute Gasteiger partial charge is 0.253 e. The van der Waals surface area contributed by atoms with Gasteiger partial charge in [0.25, 0.3) is 5.91 Å². The van der Waals surface area contributed by atoms with Gasteiger partial charge in [-0.25, -0.2) is 4.98 Å². The Hall–Kier alpha value is -3.13. The number of ether oxygens (including phenoxy) is 1. The minimum atomic E-state index is -2.78. The highest BCUT2D eigenvalue weighted by atomic mass is 35.5. The maximum atomic E-state index is 12.8. The van der Waals surface area contributed by atoms with E-state index in [1.54, 1.807) is 29.2 Å². The standard InChI is InChI=1S/C19H20ClN5O3/c1-3-16(26)22-13-6-4-12(5-7-13)18(27)25-9-8-14(11-25)23-19-21-10-15(20)17(24-19)28-2/h3-7,10,14H,1,8-9,11H2,2H3,(H,22,26)(H,21,23,24)/t14-/m0/s1/i2D3,10D. The molecule has 1 fully saturated rings. The quantitative estimate of drug-likeness (QED) is 0.717. The van der Waals surface area contributed by atoms with Crippen molar-refractivity contribution in [2.75, 3.05) is 30.8 Å². The molecule has 0 aliphatic carbocycles. The van der Waals surface area contributed by atoms with E-state index in [1.165, 1.54) is 0 Å². The second-order valence-corrected chi connectivity index (χ2v) is 6.41. The van der Waals surface area contributed by atoms with Crippen LogP contribution in [-0.4, -0.2) is 52.9 Å². The zero-order chi connectivity index (χ0) is 23.5. The lowest BCUT2D eigenvalue weighted by molar-refractivity contribution is -0.111. The van der Waals surface area contributed by atoms with Crippen molar-refractivity contribution in [2.24, 2.45) is 0 Å². The van der Waals surface area contributed by atoms with E-state index >= 15 is 0 Å². The summed E-state index contributed by atoms with van der Waals surface area (Å²) in [6, 6.07) is 6.28. The first-order chi connectivity index (χ1) is 15.1. The van der Waals surface area contributed by atoms with E-state index < -0.39 is 12.9 Å². The van der Waals surface area contributed by atoms with Crippen LogP contribution in [0.4, 0.5) is 11.6 Å². The van der Waals surface area contributed by atoms with Crippen LogP contribution in [0.15, 0.2) is 43.1 Å². The van der Waals surface area contributed by atoms with Gasteiger partial charge in [0, 0.05) is 30.4 Å². The van der Waals surface area contributed by atoms with E-state index in [2.05, 4.69) is 27.2 Å². The van der Waals surface area contributed by atoms with E-state index in [4.69, 9.17) is 21.8 Å². The number of benzene rings is 1. The van der Waals surface area contributed by atoms with Crippen LogP contribution in [0.5, 0.6) is 5.88 Å². The molecule has 8 nitrogen and oxygen atoms in total. The lowest BCUT2D eigenvalue weighted by Crippen LogP contribution is -2.31. The molecule has 0 unspecified atom stereocenters. The van der Waals surface area contributed by atoms with Crippen LogP contribution in [0.1, 0.15) is 22.3 Å². The molecular weight excluding hydrogens is 382 g/mol. The average Bonchev–Trinajstić information content (AvgIpc) is 3.19. The normalized spacial score (nSPS) is 18.3. The highest BCUT2D eigenvalue weighted by molar-refractivity contribution is 6.31. The first-order valence-corrected chi connectivity index (χ1v) is 8.76. The van der Waals surface area contributed by atoms with Crippen molar-refractivity contribution < 1.29 is 19.8 Å². The van der Waals surface area contributed by atoms with Crippen molar-refractivity contribution in [3.63, 3.8) is 0 Å². The fourth-order valence-corrected chi connectivity index (χ4v) is 2.89. The Balaban J connectivity index is 1.64. The predicted molar refractivity (Wildman–Crippen MR) is 107 cm³/mol. The number of rotatable bonds is 6. The Labute approximate surface area is 173 Å². The van der Waals surface area contributed by atoms with E-state index in [1.807, 2.05) is 0 Å². The van der Waals surface area contributed by atoms with Crippen molar-refractivity contribution in [2.45, 2.75) is 12.5 Å². The maximum absolute atomic E-state index is 12.8. The molecule has 0 bridgehead atoms. The molecule has 1 atom stereocenters. The van der Waals surface area contributed by atoms with Crippen LogP contribution in [0.3, 0.4) is 0 Å². The van der Waals surface area contributed by atoms with Gasteiger partial charge in [-0.05, 0) is 36.8 Å². The summed E-state index contributed by atoms with van der Waals surface area (Å²) < 4.78 is 34.1. The van der Waals surface area contributed by atoms with Crippen LogP contribution >= 0.6 is 11.6 Å².